The van der Waals surface area contributed by atoms with Crippen LogP contribution in [-0.2, 0) is 4.84 Å². The van der Waals surface area contributed by atoms with Crippen LogP contribution < -0.4 is 0 Å². The molecule has 0 aromatic rings. The van der Waals surface area contributed by atoms with Crippen LogP contribution in [0.5, 0.6) is 0 Å². The fourth-order valence-electron chi connectivity index (χ4n) is 1.84. The highest BCUT2D eigenvalue weighted by atomic mass is 16.6. The van der Waals surface area contributed by atoms with E-state index in [0.29, 0.717) is 0 Å². The van der Waals surface area contributed by atoms with Crippen molar-refractivity contribution >= 4 is 6.21 Å². The summed E-state index contributed by atoms with van der Waals surface area (Å²) in [5.41, 5.74) is 0. The summed E-state index contributed by atoms with van der Waals surface area (Å²) in [7, 11) is 0. The summed E-state index contributed by atoms with van der Waals surface area (Å²) < 4.78 is 0. The van der Waals surface area contributed by atoms with Gasteiger partial charge in [-0.05, 0) is 12.2 Å². The molecule has 0 N–H and O–H groups in total. The Morgan fingerprint density at radius 3 is 0.774 bits per heavy atom. The minimum atomic E-state index is 1.51. The smallest absolute Gasteiger partial charge is 0.122 e. The van der Waals surface area contributed by atoms with Gasteiger partial charge >= 0.3 is 0 Å². The van der Waals surface area contributed by atoms with Crippen LogP contribution in [0.15, 0.2) is 175 Å². The molecule has 0 aliphatic carbocycles. The molecule has 0 aromatic heterocycles. The molecule has 0 atom stereocenters. The number of allylic oxidation sites excluding steroid dienone is 27. The Morgan fingerprint density at radius 1 is 0.258 bits per heavy atom. The van der Waals surface area contributed by atoms with E-state index >= 15 is 0 Å². The normalized spacial score (nSPS) is 29.4. The van der Waals surface area contributed by atoms with Gasteiger partial charge < -0.3 is 4.84 Å². The number of nitrogens with zero attached hydrogens (tertiary/aromatic N) is 1. The van der Waals surface area contributed by atoms with Crippen molar-refractivity contribution in [3.8, 4) is 0 Å². The first-order chi connectivity index (χ1) is 15.5. The maximum atomic E-state index is 5.00. The zero-order valence-electron chi connectivity index (χ0n) is 17.6. The maximum absolute atomic E-state index is 5.00. The fourth-order valence-corrected chi connectivity index (χ4v) is 1.84. The molecule has 0 spiro atoms. The van der Waals surface area contributed by atoms with Gasteiger partial charge in [0.25, 0.3) is 0 Å². The van der Waals surface area contributed by atoms with Gasteiger partial charge in [-0.25, -0.2) is 0 Å². The van der Waals surface area contributed by atoms with Gasteiger partial charge in [0, 0.05) is 0 Å². The average molecular weight is 408 g/mol. The van der Waals surface area contributed by atoms with Gasteiger partial charge in [-0.15, -0.1) is 0 Å². The summed E-state index contributed by atoms with van der Waals surface area (Å²) in [6.07, 6.45) is 55.7. The minimum absolute atomic E-state index is 1.51. The minimum Gasteiger partial charge on any atom is -0.365 e. The van der Waals surface area contributed by atoms with Crippen LogP contribution in [0.4, 0.5) is 0 Å². The van der Waals surface area contributed by atoms with Crippen molar-refractivity contribution in [1.29, 1.82) is 0 Å². The third-order valence-electron chi connectivity index (χ3n) is 3.24. The highest BCUT2D eigenvalue weighted by Crippen LogP contribution is 1.88. The Kier molecular flexibility index (Phi) is 17.7. The van der Waals surface area contributed by atoms with Crippen molar-refractivity contribution in [2.75, 3.05) is 0 Å². The van der Waals surface area contributed by atoms with E-state index in [4.69, 9.17) is 4.84 Å². The van der Waals surface area contributed by atoms with Gasteiger partial charge in [-0.2, -0.15) is 0 Å². The van der Waals surface area contributed by atoms with E-state index in [1.807, 2.05) is 152 Å². The van der Waals surface area contributed by atoms with Gasteiger partial charge in [0.05, 0.1) is 6.21 Å². The van der Waals surface area contributed by atoms with Crippen molar-refractivity contribution in [3.05, 3.63) is 170 Å². The molecule has 0 saturated heterocycles. The topological polar surface area (TPSA) is 21.6 Å². The Hall–Kier alpha value is -4.17. The van der Waals surface area contributed by atoms with Crippen LogP contribution >= 0.6 is 0 Å². The molecule has 1 aliphatic rings. The average Bonchev–Trinajstić information content (AvgIpc) is 2.78. The highest BCUT2D eigenvalue weighted by molar-refractivity contribution is 5.70. The highest BCUT2D eigenvalue weighted by Gasteiger charge is 1.69. The van der Waals surface area contributed by atoms with Gasteiger partial charge in [-0.1, -0.05) is 157 Å². The van der Waals surface area contributed by atoms with Crippen LogP contribution in [0, 0.1) is 0 Å². The molecule has 156 valence electrons. The Bertz CT molecular complexity index is 828. The third kappa shape index (κ3) is 20.4. The number of hydrogen-bond donors (Lipinski definition) is 0. The largest absolute Gasteiger partial charge is 0.365 e. The van der Waals surface area contributed by atoms with Crippen molar-refractivity contribution in [2.24, 2.45) is 5.16 Å². The lowest BCUT2D eigenvalue weighted by molar-refractivity contribution is 0.271. The fraction of sp³-hybridized carbons (Fsp3) is 0. The van der Waals surface area contributed by atoms with Crippen molar-refractivity contribution in [3.63, 3.8) is 0 Å². The van der Waals surface area contributed by atoms with Crippen LogP contribution in [0.2, 0.25) is 0 Å². The van der Waals surface area contributed by atoms with Gasteiger partial charge in [0.1, 0.15) is 6.26 Å². The molecule has 2 nitrogen and oxygen atoms in total. The second-order valence-corrected chi connectivity index (χ2v) is 5.69. The van der Waals surface area contributed by atoms with E-state index in [0.717, 1.165) is 0 Å². The predicted octanol–water partition coefficient (Wildman–Crippen LogP) is 7.75. The zero-order valence-corrected chi connectivity index (χ0v) is 17.6. The van der Waals surface area contributed by atoms with E-state index in [1.54, 1.807) is 18.4 Å². The molecular formula is C29H29NO. The second kappa shape index (κ2) is 22.1. The second-order valence-electron chi connectivity index (χ2n) is 5.69. The Morgan fingerprint density at radius 2 is 0.484 bits per heavy atom. The molecule has 1 rings (SSSR count). The van der Waals surface area contributed by atoms with Gasteiger partial charge in [0.2, 0.25) is 0 Å². The molecule has 0 radical (unpaired) electrons. The molecule has 0 fully saturated rings. The lowest BCUT2D eigenvalue weighted by Gasteiger charge is -1.83. The summed E-state index contributed by atoms with van der Waals surface area (Å²) in [5, 5.41) is 3.79. The monoisotopic (exact) mass is 407 g/mol. The zero-order chi connectivity index (χ0) is 21.9. The molecule has 0 amide bonds. The molecule has 0 unspecified atom stereocenters. The van der Waals surface area contributed by atoms with Crippen molar-refractivity contribution in [1.82, 2.24) is 0 Å². The van der Waals surface area contributed by atoms with Crippen LogP contribution in [0.1, 0.15) is 0 Å². The first-order valence-corrected chi connectivity index (χ1v) is 10.0. The van der Waals surface area contributed by atoms with Gasteiger partial charge in [0.15, 0.2) is 0 Å². The van der Waals surface area contributed by atoms with Crippen LogP contribution in [-0.4, -0.2) is 6.21 Å². The van der Waals surface area contributed by atoms with E-state index in [-0.39, 0.29) is 0 Å². The lowest BCUT2D eigenvalue weighted by atomic mass is 10.3. The summed E-state index contributed by atoms with van der Waals surface area (Å²) in [5.74, 6) is 0. The summed E-state index contributed by atoms with van der Waals surface area (Å²) in [6, 6.07) is 0. The first-order valence-electron chi connectivity index (χ1n) is 10.0. The number of hydrogen-bond acceptors (Lipinski definition) is 2. The molecule has 0 saturated carbocycles. The standard InChI is InChI=1S/C29H29NO/c1-2-4-6-8-10-12-14-16-18-20-22-24-26-28-30-31-29-27-25-23-21-19-17-15-13-11-9-7-5-3-1/h1-29H/b2-1+,5-3-,6-4-,9-7-,10-8-,13-11-,14-12+,17-15-,18-16-,21-19?,22-20-,25-23?,26-24-,29-27+,30-28-. The van der Waals surface area contributed by atoms with E-state index in [9.17, 15) is 0 Å². The molecular weight excluding hydrogens is 378 g/mol. The summed E-state index contributed by atoms with van der Waals surface area (Å²) >= 11 is 0. The molecule has 2 heteroatoms. The molecule has 31 heavy (non-hydrogen) atoms. The van der Waals surface area contributed by atoms with Crippen molar-refractivity contribution in [2.45, 2.75) is 0 Å². The van der Waals surface area contributed by atoms with E-state index in [1.165, 1.54) is 6.26 Å². The van der Waals surface area contributed by atoms with Crippen LogP contribution in [0.25, 0.3) is 0 Å². The quantitative estimate of drug-likeness (QED) is 0.402. The number of oxime groups is 1. The predicted molar refractivity (Wildman–Crippen MR) is 138 cm³/mol. The molecule has 0 bridgehead atoms. The van der Waals surface area contributed by atoms with Gasteiger partial charge in [-0.3, -0.25) is 0 Å². The lowest BCUT2D eigenvalue weighted by Crippen LogP contribution is -1.68. The van der Waals surface area contributed by atoms with Crippen LogP contribution in [0.3, 0.4) is 0 Å². The SMILES string of the molecule is C1=C\C=C/C=C\C=C/C=C\C=C\C=C/C=C\C=C\C=C/C=C\C=C/C=N\O/C=C/C=C1. The first kappa shape index (κ1) is 24.9. The maximum Gasteiger partial charge on any atom is 0.122 e. The number of rotatable bonds is 0. The van der Waals surface area contributed by atoms with E-state index in [2.05, 4.69) is 5.16 Å². The third-order valence-corrected chi connectivity index (χ3v) is 3.24. The Balaban J connectivity index is 2.64. The van der Waals surface area contributed by atoms with E-state index < -0.39 is 0 Å². The Labute approximate surface area is 186 Å². The molecule has 1 heterocycles. The molecule has 0 aromatic carbocycles. The summed E-state index contributed by atoms with van der Waals surface area (Å²) in [4.78, 5) is 5.00. The molecule has 1 aliphatic heterocycles. The summed E-state index contributed by atoms with van der Waals surface area (Å²) in [6.45, 7) is 0. The van der Waals surface area contributed by atoms with Crippen molar-refractivity contribution < 1.29 is 4.84 Å².